The smallest absolute Gasteiger partial charge is 0.214 e. The van der Waals surface area contributed by atoms with Crippen LogP contribution in [0.15, 0.2) is 0 Å². The van der Waals surface area contributed by atoms with Crippen molar-refractivity contribution in [2.24, 2.45) is 5.14 Å². The molecule has 0 bridgehead atoms. The van der Waals surface area contributed by atoms with Crippen molar-refractivity contribution >= 4 is 21.6 Å². The summed E-state index contributed by atoms with van der Waals surface area (Å²) in [6.45, 7) is 5.86. The van der Waals surface area contributed by atoms with E-state index in [1.165, 1.54) is 0 Å². The van der Waals surface area contributed by atoms with Gasteiger partial charge in [-0.3, -0.25) is 0 Å². The van der Waals surface area contributed by atoms with E-state index < -0.39 is 10.0 Å². The number of nitrogens with zero attached hydrogens (tertiary/aromatic N) is 2. The van der Waals surface area contributed by atoms with Crippen molar-refractivity contribution in [1.29, 1.82) is 0 Å². The molecule has 7 heteroatoms. The summed E-state index contributed by atoms with van der Waals surface area (Å²) in [4.78, 5) is 0.625. The van der Waals surface area contributed by atoms with Gasteiger partial charge in [0.2, 0.25) is 10.0 Å². The molecule has 14 heavy (non-hydrogen) atoms. The second-order valence-electron chi connectivity index (χ2n) is 4.10. The van der Waals surface area contributed by atoms with Gasteiger partial charge in [0.15, 0.2) is 0 Å². The molecule has 2 N–H and O–H groups in total. The van der Waals surface area contributed by atoms with Gasteiger partial charge in [0.05, 0.1) is 10.6 Å². The van der Waals surface area contributed by atoms with E-state index in [-0.39, 0.29) is 11.2 Å². The molecule has 1 aromatic rings. The molecular weight excluding hydrogens is 222 g/mol. The lowest BCUT2D eigenvalue weighted by Gasteiger charge is -2.15. The largest absolute Gasteiger partial charge is 0.228 e. The summed E-state index contributed by atoms with van der Waals surface area (Å²) < 4.78 is 25.6. The minimum Gasteiger partial charge on any atom is -0.228 e. The molecule has 0 aliphatic rings. The molecule has 0 unspecified atom stereocenters. The third kappa shape index (κ3) is 3.00. The highest BCUT2D eigenvalue weighted by Gasteiger charge is 2.24. The Morgan fingerprint density at radius 1 is 1.43 bits per heavy atom. The fourth-order valence-corrected chi connectivity index (χ4v) is 2.92. The third-order valence-corrected chi connectivity index (χ3v) is 3.19. The molecule has 0 saturated carbocycles. The van der Waals surface area contributed by atoms with Gasteiger partial charge in [0, 0.05) is 5.41 Å². The average Bonchev–Trinajstić information content (AvgIpc) is 2.29. The van der Waals surface area contributed by atoms with Crippen molar-refractivity contribution in [3.63, 3.8) is 0 Å². The molecule has 1 heterocycles. The van der Waals surface area contributed by atoms with Gasteiger partial charge in [0.1, 0.15) is 5.75 Å². The van der Waals surface area contributed by atoms with Crippen molar-refractivity contribution in [2.75, 3.05) is 0 Å². The molecular formula is C7H13N3O2S2. The Bertz CT molecular complexity index is 416. The third-order valence-electron chi connectivity index (χ3n) is 1.60. The summed E-state index contributed by atoms with van der Waals surface area (Å²) in [7, 11) is -3.50. The molecule has 0 saturated heterocycles. The Kier molecular flexibility index (Phi) is 2.93. The molecule has 0 aliphatic heterocycles. The first-order valence-electron chi connectivity index (χ1n) is 4.02. The first-order valence-corrected chi connectivity index (χ1v) is 6.51. The van der Waals surface area contributed by atoms with E-state index in [1.807, 2.05) is 20.8 Å². The topological polar surface area (TPSA) is 85.9 Å². The number of hydrogen-bond acceptors (Lipinski definition) is 5. The summed E-state index contributed by atoms with van der Waals surface area (Å²) in [6, 6.07) is 0. The highest BCUT2D eigenvalue weighted by molar-refractivity contribution is 7.88. The van der Waals surface area contributed by atoms with E-state index in [2.05, 4.69) is 9.59 Å². The fraction of sp³-hybridized carbons (Fsp3) is 0.714. The van der Waals surface area contributed by atoms with Gasteiger partial charge in [-0.05, 0) is 11.5 Å². The zero-order valence-corrected chi connectivity index (χ0v) is 9.94. The van der Waals surface area contributed by atoms with E-state index in [0.29, 0.717) is 10.6 Å². The van der Waals surface area contributed by atoms with Crippen LogP contribution < -0.4 is 5.14 Å². The van der Waals surface area contributed by atoms with Crippen LogP contribution in [0.5, 0.6) is 0 Å². The van der Waals surface area contributed by atoms with Gasteiger partial charge in [-0.2, -0.15) is 0 Å². The van der Waals surface area contributed by atoms with Crippen molar-refractivity contribution in [1.82, 2.24) is 9.59 Å². The van der Waals surface area contributed by atoms with Crippen LogP contribution in [0.2, 0.25) is 0 Å². The summed E-state index contributed by atoms with van der Waals surface area (Å²) in [5.41, 5.74) is 0.504. The van der Waals surface area contributed by atoms with E-state index in [0.717, 1.165) is 11.5 Å². The molecule has 0 spiro atoms. The molecule has 0 aromatic carbocycles. The number of rotatable bonds is 2. The standard InChI is InChI=1S/C7H13N3O2S2/c1-7(2,3)6-5(13-10-9-6)4-14(8,11)12/h4H2,1-3H3,(H2,8,11,12). The van der Waals surface area contributed by atoms with Crippen molar-refractivity contribution in [3.05, 3.63) is 10.6 Å². The number of hydrogen-bond donors (Lipinski definition) is 1. The highest BCUT2D eigenvalue weighted by Crippen LogP contribution is 2.26. The van der Waals surface area contributed by atoms with Crippen LogP contribution in [0.4, 0.5) is 0 Å². The summed E-state index contributed by atoms with van der Waals surface area (Å²) in [5.74, 6) is -0.183. The Morgan fingerprint density at radius 3 is 2.43 bits per heavy atom. The van der Waals surface area contributed by atoms with E-state index in [1.54, 1.807) is 0 Å². The molecule has 1 aromatic heterocycles. The first kappa shape index (κ1) is 11.5. The first-order chi connectivity index (χ1) is 6.20. The molecule has 0 radical (unpaired) electrons. The summed E-state index contributed by atoms with van der Waals surface area (Å²) >= 11 is 1.08. The summed E-state index contributed by atoms with van der Waals surface area (Å²) in [5, 5.41) is 8.88. The van der Waals surface area contributed by atoms with E-state index in [9.17, 15) is 8.42 Å². The maximum atomic E-state index is 10.9. The maximum absolute atomic E-state index is 10.9. The molecule has 5 nitrogen and oxygen atoms in total. The Labute approximate surface area is 87.5 Å². The zero-order valence-electron chi connectivity index (χ0n) is 8.31. The number of primary sulfonamides is 1. The average molecular weight is 235 g/mol. The molecule has 0 amide bonds. The van der Waals surface area contributed by atoms with Crippen LogP contribution in [0.1, 0.15) is 31.3 Å². The number of aromatic nitrogens is 2. The van der Waals surface area contributed by atoms with Gasteiger partial charge in [-0.1, -0.05) is 25.3 Å². The lowest BCUT2D eigenvalue weighted by Crippen LogP contribution is -2.19. The molecule has 0 fully saturated rings. The monoisotopic (exact) mass is 235 g/mol. The second kappa shape index (κ2) is 3.56. The molecule has 1 rings (SSSR count). The lowest BCUT2D eigenvalue weighted by atomic mass is 9.92. The molecule has 0 atom stereocenters. The van der Waals surface area contributed by atoms with Gasteiger partial charge < -0.3 is 0 Å². The quantitative estimate of drug-likeness (QED) is 0.814. The highest BCUT2D eigenvalue weighted by atomic mass is 32.2. The minimum absolute atomic E-state index is 0.183. The lowest BCUT2D eigenvalue weighted by molar-refractivity contribution is 0.560. The van der Waals surface area contributed by atoms with Crippen molar-refractivity contribution in [3.8, 4) is 0 Å². The Morgan fingerprint density at radius 2 is 2.00 bits per heavy atom. The molecule has 0 aliphatic carbocycles. The van der Waals surface area contributed by atoms with Crippen LogP contribution in [0.25, 0.3) is 0 Å². The number of sulfonamides is 1. The van der Waals surface area contributed by atoms with Gasteiger partial charge in [-0.15, -0.1) is 5.10 Å². The fourth-order valence-electron chi connectivity index (χ4n) is 1.06. The Balaban J connectivity index is 3.06. The van der Waals surface area contributed by atoms with E-state index in [4.69, 9.17) is 5.14 Å². The van der Waals surface area contributed by atoms with Gasteiger partial charge in [-0.25, -0.2) is 13.6 Å². The number of nitrogens with two attached hydrogens (primary N) is 1. The van der Waals surface area contributed by atoms with Crippen LogP contribution in [0, 0.1) is 0 Å². The zero-order chi connectivity index (χ0) is 11.0. The van der Waals surface area contributed by atoms with Crippen molar-refractivity contribution < 1.29 is 8.42 Å². The summed E-state index contributed by atoms with van der Waals surface area (Å²) in [6.07, 6.45) is 0. The van der Waals surface area contributed by atoms with Gasteiger partial charge in [0.25, 0.3) is 0 Å². The van der Waals surface area contributed by atoms with E-state index >= 15 is 0 Å². The molecule has 80 valence electrons. The second-order valence-corrected chi connectivity index (χ2v) is 6.55. The SMILES string of the molecule is CC(C)(C)c1nnsc1CS(N)(=O)=O. The maximum Gasteiger partial charge on any atom is 0.214 e. The van der Waals surface area contributed by atoms with Crippen LogP contribution in [0.3, 0.4) is 0 Å². The van der Waals surface area contributed by atoms with Crippen molar-refractivity contribution in [2.45, 2.75) is 31.9 Å². The van der Waals surface area contributed by atoms with Gasteiger partial charge >= 0.3 is 0 Å². The van der Waals surface area contributed by atoms with Crippen LogP contribution >= 0.6 is 11.5 Å². The predicted octanol–water partition coefficient (Wildman–Crippen LogP) is 0.624. The predicted molar refractivity (Wildman–Crippen MR) is 55.4 cm³/mol. The van der Waals surface area contributed by atoms with Crippen LogP contribution in [-0.4, -0.2) is 18.0 Å². The van der Waals surface area contributed by atoms with Crippen LogP contribution in [-0.2, 0) is 21.2 Å². The Hall–Kier alpha value is -0.530. The normalized spacial score (nSPS) is 13.1. The minimum atomic E-state index is -3.50.